The zero-order valence-corrected chi connectivity index (χ0v) is 9.38. The fraction of sp³-hybridized carbons (Fsp3) is 0.571. The van der Waals surface area contributed by atoms with E-state index in [0.29, 0.717) is 5.92 Å². The zero-order valence-electron chi connectivity index (χ0n) is 9.38. The summed E-state index contributed by atoms with van der Waals surface area (Å²) < 4.78 is 13.6. The van der Waals surface area contributed by atoms with Gasteiger partial charge in [-0.25, -0.2) is 4.39 Å². The van der Waals surface area contributed by atoms with Crippen LogP contribution in [0, 0.1) is 11.7 Å². The van der Waals surface area contributed by atoms with Crippen LogP contribution in [0.15, 0.2) is 24.3 Å². The SMILES string of the molecule is CCC1CCCC(c2ccccc2F)C1. The number of rotatable bonds is 2. The van der Waals surface area contributed by atoms with Crippen LogP contribution in [0.3, 0.4) is 0 Å². The standard InChI is InChI=1S/C14H19F/c1-2-11-6-5-7-12(10-11)13-8-3-4-9-14(13)15/h3-4,8-9,11-12H,2,5-7,10H2,1H3. The Morgan fingerprint density at radius 2 is 2.07 bits per heavy atom. The van der Waals surface area contributed by atoms with Gasteiger partial charge in [-0.15, -0.1) is 0 Å². The van der Waals surface area contributed by atoms with Crippen LogP contribution in [0.2, 0.25) is 0 Å². The molecule has 0 saturated heterocycles. The largest absolute Gasteiger partial charge is 0.207 e. The Balaban J connectivity index is 2.13. The Labute approximate surface area is 91.5 Å². The predicted octanol–water partition coefficient (Wildman–Crippen LogP) is 4.51. The van der Waals surface area contributed by atoms with Crippen LogP contribution in [0.4, 0.5) is 4.39 Å². The molecule has 0 spiro atoms. The van der Waals surface area contributed by atoms with Gasteiger partial charge in [0.15, 0.2) is 0 Å². The van der Waals surface area contributed by atoms with Crippen molar-refractivity contribution in [1.82, 2.24) is 0 Å². The van der Waals surface area contributed by atoms with E-state index >= 15 is 0 Å². The number of hydrogen-bond acceptors (Lipinski definition) is 0. The van der Waals surface area contributed by atoms with Gasteiger partial charge < -0.3 is 0 Å². The van der Waals surface area contributed by atoms with Crippen molar-refractivity contribution in [2.24, 2.45) is 5.92 Å². The molecule has 1 fully saturated rings. The molecule has 0 aliphatic heterocycles. The molecule has 1 aromatic rings. The summed E-state index contributed by atoms with van der Waals surface area (Å²) in [7, 11) is 0. The molecule has 0 heterocycles. The summed E-state index contributed by atoms with van der Waals surface area (Å²) in [6.45, 7) is 2.24. The van der Waals surface area contributed by atoms with Crippen molar-refractivity contribution in [3.8, 4) is 0 Å². The van der Waals surface area contributed by atoms with Crippen LogP contribution >= 0.6 is 0 Å². The highest BCUT2D eigenvalue weighted by molar-refractivity contribution is 5.22. The molecule has 1 saturated carbocycles. The minimum absolute atomic E-state index is 0.0146. The Kier molecular flexibility index (Phi) is 3.40. The van der Waals surface area contributed by atoms with Crippen LogP contribution in [-0.4, -0.2) is 0 Å². The highest BCUT2D eigenvalue weighted by atomic mass is 19.1. The molecule has 1 heteroatoms. The molecule has 0 bridgehead atoms. The molecule has 2 unspecified atom stereocenters. The molecule has 1 aromatic carbocycles. The molecule has 1 aliphatic rings. The maximum Gasteiger partial charge on any atom is 0.126 e. The first-order chi connectivity index (χ1) is 7.31. The van der Waals surface area contributed by atoms with Crippen LogP contribution in [-0.2, 0) is 0 Å². The maximum atomic E-state index is 13.6. The van der Waals surface area contributed by atoms with Crippen molar-refractivity contribution < 1.29 is 4.39 Å². The molecule has 15 heavy (non-hydrogen) atoms. The summed E-state index contributed by atoms with van der Waals surface area (Å²) in [4.78, 5) is 0. The quantitative estimate of drug-likeness (QED) is 0.668. The average molecular weight is 206 g/mol. The summed E-state index contributed by atoms with van der Waals surface area (Å²) in [5.41, 5.74) is 0.940. The molecular weight excluding hydrogens is 187 g/mol. The third kappa shape index (κ3) is 2.39. The van der Waals surface area contributed by atoms with E-state index in [9.17, 15) is 4.39 Å². The molecule has 0 nitrogen and oxygen atoms in total. The van der Waals surface area contributed by atoms with Gasteiger partial charge in [0.2, 0.25) is 0 Å². The third-order valence-electron chi connectivity index (χ3n) is 3.71. The van der Waals surface area contributed by atoms with Gasteiger partial charge in [0.25, 0.3) is 0 Å². The van der Waals surface area contributed by atoms with Crippen molar-refractivity contribution in [3.05, 3.63) is 35.6 Å². The summed E-state index contributed by atoms with van der Waals surface area (Å²) in [5.74, 6) is 1.26. The van der Waals surface area contributed by atoms with Gasteiger partial charge in [0, 0.05) is 0 Å². The highest BCUT2D eigenvalue weighted by Gasteiger charge is 2.23. The van der Waals surface area contributed by atoms with Crippen LogP contribution < -0.4 is 0 Å². The van der Waals surface area contributed by atoms with E-state index in [-0.39, 0.29) is 5.82 Å². The summed E-state index contributed by atoms with van der Waals surface area (Å²) in [6.07, 6.45) is 6.18. The van der Waals surface area contributed by atoms with Crippen molar-refractivity contribution in [2.45, 2.75) is 44.9 Å². The lowest BCUT2D eigenvalue weighted by molar-refractivity contribution is 0.310. The smallest absolute Gasteiger partial charge is 0.126 e. The average Bonchev–Trinajstić information content (AvgIpc) is 2.30. The van der Waals surface area contributed by atoms with Crippen molar-refractivity contribution >= 4 is 0 Å². The second kappa shape index (κ2) is 4.78. The first kappa shape index (κ1) is 10.7. The second-order valence-electron chi connectivity index (χ2n) is 4.66. The molecule has 0 aromatic heterocycles. The number of hydrogen-bond donors (Lipinski definition) is 0. The van der Waals surface area contributed by atoms with Crippen LogP contribution in [0.5, 0.6) is 0 Å². The van der Waals surface area contributed by atoms with E-state index in [1.807, 2.05) is 12.1 Å². The van der Waals surface area contributed by atoms with E-state index in [2.05, 4.69) is 6.92 Å². The van der Waals surface area contributed by atoms with Crippen LogP contribution in [0.1, 0.15) is 50.5 Å². The van der Waals surface area contributed by atoms with E-state index in [0.717, 1.165) is 17.9 Å². The Bertz CT molecular complexity index is 319. The van der Waals surface area contributed by atoms with Gasteiger partial charge in [0.1, 0.15) is 5.82 Å². The van der Waals surface area contributed by atoms with Gasteiger partial charge >= 0.3 is 0 Å². The van der Waals surface area contributed by atoms with E-state index in [1.54, 1.807) is 12.1 Å². The van der Waals surface area contributed by atoms with Crippen LogP contribution in [0.25, 0.3) is 0 Å². The van der Waals surface area contributed by atoms with Gasteiger partial charge in [-0.1, -0.05) is 44.4 Å². The molecule has 0 N–H and O–H groups in total. The molecule has 1 aliphatic carbocycles. The molecule has 2 rings (SSSR count). The topological polar surface area (TPSA) is 0 Å². The molecule has 0 amide bonds. The lowest BCUT2D eigenvalue weighted by Crippen LogP contribution is -2.14. The van der Waals surface area contributed by atoms with Crippen molar-refractivity contribution in [3.63, 3.8) is 0 Å². The first-order valence-electron chi connectivity index (χ1n) is 6.05. The third-order valence-corrected chi connectivity index (χ3v) is 3.71. The van der Waals surface area contributed by atoms with Crippen molar-refractivity contribution in [1.29, 1.82) is 0 Å². The van der Waals surface area contributed by atoms with Gasteiger partial charge in [-0.05, 0) is 36.3 Å². The second-order valence-corrected chi connectivity index (χ2v) is 4.66. The summed E-state index contributed by atoms with van der Waals surface area (Å²) in [6, 6.07) is 7.27. The monoisotopic (exact) mass is 206 g/mol. The predicted molar refractivity (Wildman–Crippen MR) is 61.4 cm³/mol. The van der Waals surface area contributed by atoms with Gasteiger partial charge in [0.05, 0.1) is 0 Å². The van der Waals surface area contributed by atoms with Crippen molar-refractivity contribution in [2.75, 3.05) is 0 Å². The fourth-order valence-corrected chi connectivity index (χ4v) is 2.75. The lowest BCUT2D eigenvalue weighted by Gasteiger charge is -2.28. The Morgan fingerprint density at radius 1 is 1.27 bits per heavy atom. The Hall–Kier alpha value is -0.850. The number of halogens is 1. The molecule has 82 valence electrons. The Morgan fingerprint density at radius 3 is 2.80 bits per heavy atom. The molecular formula is C14H19F. The minimum atomic E-state index is -0.0146. The summed E-state index contributed by atoms with van der Waals surface area (Å²) >= 11 is 0. The van der Waals surface area contributed by atoms with E-state index in [1.165, 1.54) is 25.7 Å². The maximum absolute atomic E-state index is 13.6. The van der Waals surface area contributed by atoms with E-state index < -0.39 is 0 Å². The summed E-state index contributed by atoms with van der Waals surface area (Å²) in [5, 5.41) is 0. The first-order valence-corrected chi connectivity index (χ1v) is 6.05. The zero-order chi connectivity index (χ0) is 10.7. The normalized spacial score (nSPS) is 26.5. The molecule has 2 atom stereocenters. The lowest BCUT2D eigenvalue weighted by atomic mass is 9.77. The minimum Gasteiger partial charge on any atom is -0.207 e. The molecule has 0 radical (unpaired) electrons. The van der Waals surface area contributed by atoms with Gasteiger partial charge in [-0.3, -0.25) is 0 Å². The fourth-order valence-electron chi connectivity index (χ4n) is 2.75. The van der Waals surface area contributed by atoms with Gasteiger partial charge in [-0.2, -0.15) is 0 Å². The van der Waals surface area contributed by atoms with E-state index in [4.69, 9.17) is 0 Å². The highest BCUT2D eigenvalue weighted by Crippen LogP contribution is 2.38. The number of benzene rings is 1.